The number of alkyl halides is 6. The Morgan fingerprint density at radius 1 is 0.449 bits per heavy atom. The van der Waals surface area contributed by atoms with Gasteiger partial charge in [0.15, 0.2) is 0 Å². The monoisotopic (exact) mass is 1200 g/mol. The van der Waals surface area contributed by atoms with E-state index in [1.54, 1.807) is 39.0 Å². The highest BCUT2D eigenvalue weighted by molar-refractivity contribution is 7.92. The molecule has 3 aromatic carbocycles. The van der Waals surface area contributed by atoms with Crippen LogP contribution in [0.1, 0.15) is 65.8 Å². The number of rotatable bonds is 6. The predicted octanol–water partition coefficient (Wildman–Crippen LogP) is 8.16. The van der Waals surface area contributed by atoms with Gasteiger partial charge in [0.05, 0.1) is 11.1 Å². The van der Waals surface area contributed by atoms with Crippen LogP contribution in [-0.4, -0.2) is 94.8 Å². The van der Waals surface area contributed by atoms with Crippen LogP contribution in [0.15, 0.2) is 104 Å². The van der Waals surface area contributed by atoms with E-state index < -0.39 is 107 Å². The number of benzene rings is 3. The number of nitrogens with zero attached hydrogens (tertiary/aromatic N) is 3. The molecule has 0 spiro atoms. The molecule has 6 aromatic rings. The van der Waals surface area contributed by atoms with Crippen LogP contribution in [0.25, 0.3) is 0 Å². The number of anilines is 3. The minimum Gasteiger partial charge on any atom is -0.325 e. The van der Waals surface area contributed by atoms with Crippen LogP contribution in [-0.2, 0) is 71.2 Å². The van der Waals surface area contributed by atoms with Gasteiger partial charge in [-0.25, -0.2) is 38.2 Å². The molecule has 3 unspecified atom stereocenters. The summed E-state index contributed by atoms with van der Waals surface area (Å²) in [7, 11) is -8.64. The van der Waals surface area contributed by atoms with E-state index in [0.717, 1.165) is 101 Å². The second-order valence-electron chi connectivity index (χ2n) is 17.5. The average Bonchev–Trinajstić information content (AvgIpc) is 4.16. The lowest BCUT2D eigenvalue weighted by molar-refractivity contribution is -0.138. The summed E-state index contributed by atoms with van der Waals surface area (Å²) < 4.78 is 152. The first-order valence-electron chi connectivity index (χ1n) is 22.3. The van der Waals surface area contributed by atoms with Crippen molar-refractivity contribution in [2.24, 2.45) is 0 Å². The molecule has 0 fully saturated rings. The number of likely N-dealkylation sites (N-methyl/N-ethyl adjacent to an activating group) is 3. The molecule has 78 heavy (non-hydrogen) atoms. The Bertz CT molecular complexity index is 3780. The smallest absolute Gasteiger partial charge is 0.325 e. The van der Waals surface area contributed by atoms with Gasteiger partial charge in [-0.15, -0.1) is 34.0 Å². The van der Waals surface area contributed by atoms with Gasteiger partial charge in [-0.2, -0.15) is 26.3 Å². The molecule has 6 amide bonds. The molecule has 9 rings (SSSR count). The Morgan fingerprint density at radius 2 is 0.756 bits per heavy atom. The average molecular weight is 1200 g/mol. The first-order chi connectivity index (χ1) is 36.1. The largest absolute Gasteiger partial charge is 0.416 e. The van der Waals surface area contributed by atoms with E-state index in [0.29, 0.717) is 28.4 Å². The zero-order valence-electron chi connectivity index (χ0n) is 41.4. The third kappa shape index (κ3) is 11.4. The molecule has 6 heterocycles. The lowest BCUT2D eigenvalue weighted by atomic mass is 9.99. The number of thiophene rings is 3. The Labute approximate surface area is 453 Å². The minimum absolute atomic E-state index is 0.0325. The van der Waals surface area contributed by atoms with E-state index in [1.165, 1.54) is 25.2 Å². The van der Waals surface area contributed by atoms with E-state index in [1.807, 2.05) is 19.1 Å². The molecule has 0 saturated carbocycles. The molecule has 3 aromatic heterocycles. The van der Waals surface area contributed by atoms with E-state index in [4.69, 9.17) is 0 Å². The molecule has 3 atom stereocenters. The van der Waals surface area contributed by atoms with Crippen LogP contribution in [0.2, 0.25) is 0 Å². The Balaban J connectivity index is 0.000000170. The third-order valence-electron chi connectivity index (χ3n) is 12.0. The van der Waals surface area contributed by atoms with Gasteiger partial charge in [0, 0.05) is 69.5 Å². The zero-order chi connectivity index (χ0) is 57.9. The van der Waals surface area contributed by atoms with Crippen molar-refractivity contribution < 1.29 is 80.4 Å². The van der Waals surface area contributed by atoms with Gasteiger partial charge in [0.2, 0.25) is 17.7 Å². The fourth-order valence-corrected chi connectivity index (χ4v) is 16.9. The van der Waals surface area contributed by atoms with E-state index in [9.17, 15) is 80.4 Å². The second-order valence-corrected chi connectivity index (χ2v) is 27.8. The highest BCUT2D eigenvalue weighted by Gasteiger charge is 2.49. The summed E-state index contributed by atoms with van der Waals surface area (Å²) >= 11 is 2.94. The van der Waals surface area contributed by atoms with Gasteiger partial charge in [0.25, 0.3) is 47.8 Å². The van der Waals surface area contributed by atoms with Gasteiger partial charge in [0.1, 0.15) is 30.4 Å². The topological polar surface area (TPSA) is 251 Å². The summed E-state index contributed by atoms with van der Waals surface area (Å²) in [5.41, 5.74) is 0.0436. The Kier molecular flexibility index (Phi) is 16.1. The van der Waals surface area contributed by atoms with Gasteiger partial charge in [-0.05, 0) is 100 Å². The standard InChI is InChI=1S/2C16H13F3N2O4S2.C16H16N2O4S2/c1-8-7-11-12(14(23)21(2)27(24,25)15(11)26-8)13(22)20-10-5-3-9(4-6-10)16(17,18)19;1-8-6-11-12(14(23)21(2)27(24,25)15(11)26-8)13(22)20-10-5-3-4-9(7-10)16(17,18)19;1-9-4-6-11(7-5-9)17-14(19)13-12-8-10(2)23-16(12)24(21,22)18(3)15(13)20/h2*3-7,12H,1-2H3,(H,20,22);4-8,13H,1-3H3,(H,17,19). The molecule has 3 aliphatic rings. The lowest BCUT2D eigenvalue weighted by Gasteiger charge is -2.28. The summed E-state index contributed by atoms with van der Waals surface area (Å²) in [6.45, 7) is 6.95. The Morgan fingerprint density at radius 3 is 1.08 bits per heavy atom. The SMILES string of the molecule is Cc1cc2c(s1)S(=O)(=O)N(C)C(=O)C2C(=O)Nc1ccc(C(F)(F)F)cc1.Cc1cc2c(s1)S(=O)(=O)N(C)C(=O)C2C(=O)Nc1cccc(C(F)(F)F)c1.Cc1ccc(NC(=O)C2C(=O)N(C)S(=O)(=O)c3sc(C)cc32)cc1. The van der Waals surface area contributed by atoms with Crippen LogP contribution in [0.3, 0.4) is 0 Å². The van der Waals surface area contributed by atoms with E-state index in [2.05, 4.69) is 16.0 Å². The van der Waals surface area contributed by atoms with E-state index >= 15 is 0 Å². The van der Waals surface area contributed by atoms with Gasteiger partial charge >= 0.3 is 12.4 Å². The number of halogens is 6. The van der Waals surface area contributed by atoms with Crippen LogP contribution in [0, 0.1) is 27.7 Å². The fraction of sp³-hybridized carbons (Fsp3) is 0.250. The van der Waals surface area contributed by atoms with Crippen molar-refractivity contribution >= 4 is 117 Å². The molecule has 0 bridgehead atoms. The number of amides is 6. The second kappa shape index (κ2) is 21.3. The van der Waals surface area contributed by atoms with Gasteiger partial charge in [-0.1, -0.05) is 23.8 Å². The molecule has 30 heteroatoms. The quantitative estimate of drug-likeness (QED) is 0.106. The lowest BCUT2D eigenvalue weighted by Crippen LogP contribution is -2.45. The van der Waals surface area contributed by atoms with Crippen molar-refractivity contribution in [2.45, 2.75) is 70.4 Å². The summed E-state index contributed by atoms with van der Waals surface area (Å²) in [6.07, 6.45) is -9.10. The van der Waals surface area contributed by atoms with Crippen molar-refractivity contribution in [1.29, 1.82) is 0 Å². The van der Waals surface area contributed by atoms with Crippen molar-refractivity contribution in [3.63, 3.8) is 0 Å². The highest BCUT2D eigenvalue weighted by atomic mass is 32.3. The maximum Gasteiger partial charge on any atom is 0.416 e. The molecular formula is C48H42F6N6O12S6. The van der Waals surface area contributed by atoms with Crippen LogP contribution >= 0.6 is 34.0 Å². The zero-order valence-corrected chi connectivity index (χ0v) is 46.2. The maximum atomic E-state index is 12.8. The van der Waals surface area contributed by atoms with Crippen molar-refractivity contribution in [1.82, 2.24) is 12.9 Å². The number of aryl methyl sites for hydroxylation is 4. The number of carbonyl (C=O) groups excluding carboxylic acids is 6. The number of sulfonamides is 3. The van der Waals surface area contributed by atoms with Crippen LogP contribution < -0.4 is 16.0 Å². The minimum atomic E-state index is -4.59. The van der Waals surface area contributed by atoms with Crippen molar-refractivity contribution in [2.75, 3.05) is 37.1 Å². The van der Waals surface area contributed by atoms with Crippen LogP contribution in [0.4, 0.5) is 43.4 Å². The molecule has 3 N–H and O–H groups in total. The predicted molar refractivity (Wildman–Crippen MR) is 275 cm³/mol. The first-order valence-corrected chi connectivity index (χ1v) is 29.1. The Hall–Kier alpha value is -6.99. The number of nitrogens with one attached hydrogen (secondary N) is 3. The molecule has 414 valence electrons. The highest BCUT2D eigenvalue weighted by Crippen LogP contribution is 2.43. The summed E-state index contributed by atoms with van der Waals surface area (Å²) in [6, 6.07) is 19.3. The maximum absolute atomic E-state index is 12.8. The molecule has 3 aliphatic heterocycles. The van der Waals surface area contributed by atoms with Crippen molar-refractivity contribution in [3.8, 4) is 0 Å². The number of carbonyl (C=O) groups is 6. The summed E-state index contributed by atoms with van der Waals surface area (Å²) in [5.74, 6) is -8.93. The van der Waals surface area contributed by atoms with Crippen molar-refractivity contribution in [3.05, 3.63) is 139 Å². The summed E-state index contributed by atoms with van der Waals surface area (Å²) in [4.78, 5) is 77.3. The van der Waals surface area contributed by atoms with E-state index in [-0.39, 0.29) is 40.7 Å². The molecule has 18 nitrogen and oxygen atoms in total. The molecular weight excluding hydrogens is 1160 g/mol. The van der Waals surface area contributed by atoms with Gasteiger partial charge < -0.3 is 16.0 Å². The molecule has 0 saturated heterocycles. The number of hydrogen-bond acceptors (Lipinski definition) is 15. The first kappa shape index (κ1) is 58.7. The normalized spacial score (nSPS) is 19.0. The molecule has 0 aliphatic carbocycles. The molecule has 0 radical (unpaired) electrons. The van der Waals surface area contributed by atoms with Gasteiger partial charge in [-0.3, -0.25) is 28.8 Å². The third-order valence-corrected chi connectivity index (χ3v) is 22.0. The number of hydrogen-bond donors (Lipinski definition) is 3. The summed E-state index contributed by atoms with van der Waals surface area (Å²) in [5, 5.41) is 7.34. The fourth-order valence-electron chi connectivity index (χ4n) is 7.97. The van der Waals surface area contributed by atoms with Crippen LogP contribution in [0.5, 0.6) is 0 Å². The number of fused-ring (bicyclic) bond motifs is 3.